The first-order valence-corrected chi connectivity index (χ1v) is 6.37. The van der Waals surface area contributed by atoms with Crippen molar-refractivity contribution < 1.29 is 18.3 Å². The van der Waals surface area contributed by atoms with Crippen LogP contribution >= 0.6 is 0 Å². The molecule has 1 aromatic carbocycles. The molecular weight excluding hydrogens is 244 g/mol. The van der Waals surface area contributed by atoms with Gasteiger partial charge < -0.3 is 10.8 Å². The van der Waals surface area contributed by atoms with E-state index in [1.165, 1.54) is 12.1 Å². The van der Waals surface area contributed by atoms with Crippen LogP contribution in [0.1, 0.15) is 24.2 Å². The highest BCUT2D eigenvalue weighted by molar-refractivity contribution is 7.89. The molecule has 0 atom stereocenters. The fraction of sp³-hybridized carbons (Fsp3) is 0.300. The van der Waals surface area contributed by atoms with Crippen molar-refractivity contribution >= 4 is 21.7 Å². The van der Waals surface area contributed by atoms with Crippen LogP contribution in [-0.2, 0) is 10.0 Å². The molecule has 94 valence electrons. The first kappa shape index (κ1) is 13.5. The summed E-state index contributed by atoms with van der Waals surface area (Å²) in [7, 11) is -3.78. The molecule has 0 aromatic heterocycles. The second kappa shape index (κ2) is 4.72. The Morgan fingerprint density at radius 1 is 1.41 bits per heavy atom. The van der Waals surface area contributed by atoms with Gasteiger partial charge in [0, 0.05) is 6.04 Å². The van der Waals surface area contributed by atoms with Gasteiger partial charge in [0.2, 0.25) is 10.0 Å². The second-order valence-corrected chi connectivity index (χ2v) is 5.52. The van der Waals surface area contributed by atoms with Crippen LogP contribution in [0.3, 0.4) is 0 Å². The van der Waals surface area contributed by atoms with Crippen LogP contribution < -0.4 is 10.5 Å². The van der Waals surface area contributed by atoms with Gasteiger partial charge in [-0.2, -0.15) is 0 Å². The van der Waals surface area contributed by atoms with E-state index in [9.17, 15) is 13.2 Å². The quantitative estimate of drug-likeness (QED) is 0.687. The lowest BCUT2D eigenvalue weighted by Crippen LogP contribution is -2.30. The van der Waals surface area contributed by atoms with E-state index in [4.69, 9.17) is 10.8 Å². The Bertz CT molecular complexity index is 537. The molecule has 1 rings (SSSR count). The number of carboxylic acid groups (broad SMARTS) is 1. The molecule has 0 unspecified atom stereocenters. The van der Waals surface area contributed by atoms with Crippen LogP contribution in [0.25, 0.3) is 0 Å². The highest BCUT2D eigenvalue weighted by Crippen LogP contribution is 2.20. The molecule has 0 aliphatic carbocycles. The minimum atomic E-state index is -3.78. The number of anilines is 1. The van der Waals surface area contributed by atoms with Gasteiger partial charge in [0.05, 0.1) is 11.3 Å². The molecule has 1 aromatic rings. The van der Waals surface area contributed by atoms with Crippen LogP contribution in [0.15, 0.2) is 23.1 Å². The van der Waals surface area contributed by atoms with E-state index >= 15 is 0 Å². The van der Waals surface area contributed by atoms with Gasteiger partial charge in [-0.25, -0.2) is 17.9 Å². The zero-order chi connectivity index (χ0) is 13.2. The number of carbonyl (C=O) groups is 1. The van der Waals surface area contributed by atoms with E-state index in [2.05, 4.69) is 4.72 Å². The zero-order valence-electron chi connectivity index (χ0n) is 9.47. The second-order valence-electron chi connectivity index (χ2n) is 3.83. The van der Waals surface area contributed by atoms with Gasteiger partial charge in [0.15, 0.2) is 0 Å². The molecule has 0 aliphatic rings. The predicted molar refractivity (Wildman–Crippen MR) is 63.3 cm³/mol. The van der Waals surface area contributed by atoms with Gasteiger partial charge >= 0.3 is 5.97 Å². The first-order chi connectivity index (χ1) is 7.74. The summed E-state index contributed by atoms with van der Waals surface area (Å²) in [5.41, 5.74) is 5.43. The largest absolute Gasteiger partial charge is 0.478 e. The van der Waals surface area contributed by atoms with Crippen LogP contribution in [0.2, 0.25) is 0 Å². The third kappa shape index (κ3) is 3.18. The molecule has 0 saturated heterocycles. The van der Waals surface area contributed by atoms with E-state index in [0.29, 0.717) is 0 Å². The summed E-state index contributed by atoms with van der Waals surface area (Å²) < 4.78 is 26.1. The monoisotopic (exact) mass is 258 g/mol. The van der Waals surface area contributed by atoms with Crippen LogP contribution in [-0.4, -0.2) is 25.5 Å². The van der Waals surface area contributed by atoms with Crippen LogP contribution in [0.5, 0.6) is 0 Å². The Kier molecular flexibility index (Phi) is 3.74. The molecule has 17 heavy (non-hydrogen) atoms. The fourth-order valence-corrected chi connectivity index (χ4v) is 2.68. The van der Waals surface area contributed by atoms with E-state index in [0.717, 1.165) is 6.07 Å². The van der Waals surface area contributed by atoms with E-state index < -0.39 is 16.0 Å². The van der Waals surface area contributed by atoms with Crippen molar-refractivity contribution in [3.63, 3.8) is 0 Å². The van der Waals surface area contributed by atoms with Gasteiger partial charge in [0.25, 0.3) is 0 Å². The number of nitrogens with two attached hydrogens (primary N) is 1. The lowest BCUT2D eigenvalue weighted by atomic mass is 10.2. The Hall–Kier alpha value is -1.60. The third-order valence-corrected chi connectivity index (χ3v) is 3.66. The lowest BCUT2D eigenvalue weighted by Gasteiger charge is -2.11. The number of aromatic carboxylic acids is 1. The molecule has 0 radical (unpaired) electrons. The number of nitrogen functional groups attached to an aromatic ring is 1. The maximum Gasteiger partial charge on any atom is 0.335 e. The highest BCUT2D eigenvalue weighted by Gasteiger charge is 2.20. The van der Waals surface area contributed by atoms with Crippen molar-refractivity contribution in [2.45, 2.75) is 24.8 Å². The molecule has 7 heteroatoms. The van der Waals surface area contributed by atoms with Gasteiger partial charge in [-0.15, -0.1) is 0 Å². The van der Waals surface area contributed by atoms with Crippen molar-refractivity contribution in [3.05, 3.63) is 23.8 Å². The molecule has 4 N–H and O–H groups in total. The average molecular weight is 258 g/mol. The predicted octanol–water partition coefficient (Wildman–Crippen LogP) is 0.654. The van der Waals surface area contributed by atoms with E-state index in [1.807, 2.05) is 0 Å². The number of benzene rings is 1. The maximum absolute atomic E-state index is 11.9. The fourth-order valence-electron chi connectivity index (χ4n) is 1.27. The summed E-state index contributed by atoms with van der Waals surface area (Å²) in [5, 5.41) is 8.79. The Morgan fingerprint density at radius 2 is 2.00 bits per heavy atom. The molecular formula is C10H14N2O4S. The minimum absolute atomic E-state index is 0.0168. The number of rotatable bonds is 4. The van der Waals surface area contributed by atoms with Gasteiger partial charge in [-0.3, -0.25) is 0 Å². The Balaban J connectivity index is 3.30. The number of hydrogen-bond donors (Lipinski definition) is 3. The molecule has 0 fully saturated rings. The summed E-state index contributed by atoms with van der Waals surface area (Å²) in [5.74, 6) is -1.20. The molecule has 0 aliphatic heterocycles. The Labute approximate surface area is 99.5 Å². The lowest BCUT2D eigenvalue weighted by molar-refractivity contribution is 0.0696. The summed E-state index contributed by atoms with van der Waals surface area (Å²) in [4.78, 5) is 10.5. The number of nitrogens with one attached hydrogen (secondary N) is 1. The number of hydrogen-bond acceptors (Lipinski definition) is 4. The smallest absolute Gasteiger partial charge is 0.335 e. The summed E-state index contributed by atoms with van der Waals surface area (Å²) in [6, 6.07) is 3.26. The number of sulfonamides is 1. The number of carboxylic acids is 1. The maximum atomic E-state index is 11.9. The summed E-state index contributed by atoms with van der Waals surface area (Å²) in [6.45, 7) is 3.32. The van der Waals surface area contributed by atoms with Crippen LogP contribution in [0.4, 0.5) is 5.69 Å². The summed E-state index contributed by atoms with van der Waals surface area (Å²) >= 11 is 0. The van der Waals surface area contributed by atoms with Crippen molar-refractivity contribution in [2.75, 3.05) is 5.73 Å². The molecule has 0 saturated carbocycles. The highest BCUT2D eigenvalue weighted by atomic mass is 32.2. The van der Waals surface area contributed by atoms with Crippen molar-refractivity contribution in [3.8, 4) is 0 Å². The molecule has 0 bridgehead atoms. The van der Waals surface area contributed by atoms with Crippen molar-refractivity contribution in [1.82, 2.24) is 4.72 Å². The Morgan fingerprint density at radius 3 is 2.47 bits per heavy atom. The van der Waals surface area contributed by atoms with Gasteiger partial charge in [0.1, 0.15) is 4.90 Å². The van der Waals surface area contributed by atoms with Crippen molar-refractivity contribution in [1.29, 1.82) is 0 Å². The molecule has 0 amide bonds. The molecule has 0 spiro atoms. The van der Waals surface area contributed by atoms with Gasteiger partial charge in [-0.05, 0) is 32.0 Å². The third-order valence-electron chi connectivity index (χ3n) is 1.94. The standard InChI is InChI=1S/C10H14N2O4S/c1-6(2)12-17(15,16)9-5-7(10(13)14)3-4-8(9)11/h3-6,12H,11H2,1-2H3,(H,13,14). The summed E-state index contributed by atoms with van der Waals surface area (Å²) in [6.07, 6.45) is 0. The van der Waals surface area contributed by atoms with Crippen LogP contribution in [0, 0.1) is 0 Å². The van der Waals surface area contributed by atoms with Crippen molar-refractivity contribution in [2.24, 2.45) is 0 Å². The molecule has 0 heterocycles. The first-order valence-electron chi connectivity index (χ1n) is 4.89. The van der Waals surface area contributed by atoms with E-state index in [1.54, 1.807) is 13.8 Å². The zero-order valence-corrected chi connectivity index (χ0v) is 10.3. The normalized spacial score (nSPS) is 11.7. The molecule has 6 nitrogen and oxygen atoms in total. The van der Waals surface area contributed by atoms with E-state index in [-0.39, 0.29) is 22.2 Å². The average Bonchev–Trinajstić information content (AvgIpc) is 2.15. The topological polar surface area (TPSA) is 109 Å². The van der Waals surface area contributed by atoms with Gasteiger partial charge in [-0.1, -0.05) is 0 Å². The minimum Gasteiger partial charge on any atom is -0.478 e. The SMILES string of the molecule is CC(C)NS(=O)(=O)c1cc(C(=O)O)ccc1N.